The number of allylic oxidation sites excluding steroid dienone is 4. The minimum atomic E-state index is 0.960. The highest BCUT2D eigenvalue weighted by atomic mass is 32.1. The van der Waals surface area contributed by atoms with E-state index in [1.807, 2.05) is 30.4 Å². The summed E-state index contributed by atoms with van der Waals surface area (Å²) in [6, 6.07) is 44.7. The van der Waals surface area contributed by atoms with Crippen molar-refractivity contribution in [2.24, 2.45) is 0 Å². The number of nitrogens with zero attached hydrogens (tertiary/aromatic N) is 1. The van der Waals surface area contributed by atoms with Crippen molar-refractivity contribution in [1.29, 1.82) is 0 Å². The van der Waals surface area contributed by atoms with Gasteiger partial charge in [-0.15, -0.1) is 12.6 Å². The Hall–Kier alpha value is -4.53. The molecule has 0 N–H and O–H groups in total. The van der Waals surface area contributed by atoms with Crippen molar-refractivity contribution < 1.29 is 0 Å². The smallest absolute Gasteiger partial charge is 0.0462 e. The molecule has 5 aromatic carbocycles. The number of rotatable bonds is 8. The maximum absolute atomic E-state index is 4.42. The minimum absolute atomic E-state index is 0.960. The van der Waals surface area contributed by atoms with Gasteiger partial charge in [-0.3, -0.25) is 0 Å². The van der Waals surface area contributed by atoms with E-state index >= 15 is 0 Å². The van der Waals surface area contributed by atoms with Crippen LogP contribution < -0.4 is 4.90 Å². The van der Waals surface area contributed by atoms with Gasteiger partial charge < -0.3 is 4.90 Å². The normalized spacial score (nSPS) is 11.1. The second kappa shape index (κ2) is 11.7. The van der Waals surface area contributed by atoms with Crippen LogP contribution in [-0.2, 0) is 0 Å². The van der Waals surface area contributed by atoms with E-state index in [9.17, 15) is 0 Å². The Balaban J connectivity index is 1.54. The van der Waals surface area contributed by atoms with Crippen LogP contribution in [0.25, 0.3) is 27.8 Å². The molecule has 0 saturated heterocycles. The zero-order valence-corrected chi connectivity index (χ0v) is 22.1. The molecule has 0 spiro atoms. The van der Waals surface area contributed by atoms with Crippen molar-refractivity contribution in [2.75, 3.05) is 4.90 Å². The van der Waals surface area contributed by atoms with Gasteiger partial charge in [-0.25, -0.2) is 0 Å². The molecule has 0 aliphatic heterocycles. The summed E-state index contributed by atoms with van der Waals surface area (Å²) in [5.74, 6) is 0. The first-order valence-corrected chi connectivity index (χ1v) is 13.0. The van der Waals surface area contributed by atoms with Crippen LogP contribution in [0.15, 0.2) is 164 Å². The average Bonchev–Trinajstić information content (AvgIpc) is 2.98. The largest absolute Gasteiger partial charge is 0.311 e. The van der Waals surface area contributed by atoms with Gasteiger partial charge in [0.2, 0.25) is 0 Å². The standard InChI is InChI=1S/C36H29NS/c1-3-8-27(4-2)29-11-19-33(20-12-29)37(34-21-13-30(14-22-34)28-9-6-5-7-10-28)35-23-15-31(16-24-35)32-17-25-36(38)26-18-32/h3-26,38H,1-2H2/b27-8+. The molecular formula is C36H29NS. The molecule has 184 valence electrons. The molecule has 0 bridgehead atoms. The van der Waals surface area contributed by atoms with Gasteiger partial charge >= 0.3 is 0 Å². The molecule has 1 nitrogen and oxygen atoms in total. The van der Waals surface area contributed by atoms with Gasteiger partial charge in [-0.2, -0.15) is 0 Å². The first-order chi connectivity index (χ1) is 18.7. The molecule has 0 aliphatic carbocycles. The Morgan fingerprint density at radius 1 is 0.526 bits per heavy atom. The summed E-state index contributed by atoms with van der Waals surface area (Å²) >= 11 is 4.42. The third-order valence-electron chi connectivity index (χ3n) is 6.53. The summed E-state index contributed by atoms with van der Waals surface area (Å²) in [5.41, 5.74) is 10.1. The number of hydrogen-bond donors (Lipinski definition) is 1. The summed E-state index contributed by atoms with van der Waals surface area (Å²) in [4.78, 5) is 3.24. The Morgan fingerprint density at radius 2 is 0.947 bits per heavy atom. The van der Waals surface area contributed by atoms with Crippen molar-refractivity contribution in [3.05, 3.63) is 164 Å². The van der Waals surface area contributed by atoms with Crippen LogP contribution in [-0.4, -0.2) is 0 Å². The molecule has 0 heterocycles. The Bertz CT molecular complexity index is 1540. The zero-order chi connectivity index (χ0) is 26.3. The second-order valence-corrected chi connectivity index (χ2v) is 9.47. The average molecular weight is 508 g/mol. The fourth-order valence-electron chi connectivity index (χ4n) is 4.55. The molecule has 0 unspecified atom stereocenters. The van der Waals surface area contributed by atoms with E-state index in [1.165, 1.54) is 22.3 Å². The molecule has 0 amide bonds. The fourth-order valence-corrected chi connectivity index (χ4v) is 4.70. The molecular weight excluding hydrogens is 478 g/mol. The summed E-state index contributed by atoms with van der Waals surface area (Å²) < 4.78 is 0. The predicted molar refractivity (Wildman–Crippen MR) is 168 cm³/mol. The van der Waals surface area contributed by atoms with E-state index in [-0.39, 0.29) is 0 Å². The summed E-state index contributed by atoms with van der Waals surface area (Å²) in [7, 11) is 0. The molecule has 0 aromatic heterocycles. The van der Waals surface area contributed by atoms with Gasteiger partial charge in [-0.05, 0) is 81.9 Å². The zero-order valence-electron chi connectivity index (χ0n) is 21.2. The lowest BCUT2D eigenvalue weighted by Crippen LogP contribution is -2.09. The van der Waals surface area contributed by atoms with E-state index in [4.69, 9.17) is 0 Å². The van der Waals surface area contributed by atoms with Gasteiger partial charge in [0.05, 0.1) is 0 Å². The van der Waals surface area contributed by atoms with Crippen LogP contribution in [0.4, 0.5) is 17.1 Å². The number of anilines is 3. The number of thiol groups is 1. The SMILES string of the molecule is C=C/C=C(\C=C)c1ccc(N(c2ccc(-c3ccccc3)cc2)c2ccc(-c3ccc(S)cc3)cc2)cc1. The molecule has 0 saturated carbocycles. The van der Waals surface area contributed by atoms with Crippen LogP contribution >= 0.6 is 12.6 Å². The van der Waals surface area contributed by atoms with Crippen LogP contribution in [0.3, 0.4) is 0 Å². The lowest BCUT2D eigenvalue weighted by molar-refractivity contribution is 1.28. The number of hydrogen-bond acceptors (Lipinski definition) is 2. The topological polar surface area (TPSA) is 3.24 Å². The third-order valence-corrected chi connectivity index (χ3v) is 6.83. The van der Waals surface area contributed by atoms with E-state index in [2.05, 4.69) is 140 Å². The van der Waals surface area contributed by atoms with Crippen LogP contribution in [0.1, 0.15) is 5.56 Å². The van der Waals surface area contributed by atoms with Gasteiger partial charge in [-0.1, -0.05) is 110 Å². The lowest BCUT2D eigenvalue weighted by atomic mass is 10.0. The van der Waals surface area contributed by atoms with E-state index < -0.39 is 0 Å². The summed E-state index contributed by atoms with van der Waals surface area (Å²) in [6.45, 7) is 7.77. The van der Waals surface area contributed by atoms with Crippen molar-refractivity contribution in [2.45, 2.75) is 4.90 Å². The Kier molecular flexibility index (Phi) is 7.73. The highest BCUT2D eigenvalue weighted by Gasteiger charge is 2.13. The van der Waals surface area contributed by atoms with Crippen LogP contribution in [0.2, 0.25) is 0 Å². The third kappa shape index (κ3) is 5.56. The monoisotopic (exact) mass is 507 g/mol. The Morgan fingerprint density at radius 3 is 1.39 bits per heavy atom. The van der Waals surface area contributed by atoms with Gasteiger partial charge in [0.15, 0.2) is 0 Å². The van der Waals surface area contributed by atoms with Crippen molar-refractivity contribution in [1.82, 2.24) is 0 Å². The van der Waals surface area contributed by atoms with Gasteiger partial charge in [0, 0.05) is 22.0 Å². The Labute approximate surface area is 231 Å². The van der Waals surface area contributed by atoms with Crippen LogP contribution in [0.5, 0.6) is 0 Å². The highest BCUT2D eigenvalue weighted by molar-refractivity contribution is 7.80. The second-order valence-electron chi connectivity index (χ2n) is 8.95. The van der Waals surface area contributed by atoms with Crippen molar-refractivity contribution >= 4 is 35.3 Å². The molecule has 0 radical (unpaired) electrons. The van der Waals surface area contributed by atoms with E-state index in [1.54, 1.807) is 6.08 Å². The van der Waals surface area contributed by atoms with E-state index in [0.717, 1.165) is 33.1 Å². The first-order valence-electron chi connectivity index (χ1n) is 12.6. The lowest BCUT2D eigenvalue weighted by Gasteiger charge is -2.26. The van der Waals surface area contributed by atoms with E-state index in [0.29, 0.717) is 0 Å². The molecule has 0 atom stereocenters. The molecule has 38 heavy (non-hydrogen) atoms. The summed E-state index contributed by atoms with van der Waals surface area (Å²) in [5, 5.41) is 0. The quantitative estimate of drug-likeness (QED) is 0.161. The summed E-state index contributed by atoms with van der Waals surface area (Å²) in [6.07, 6.45) is 5.62. The molecule has 2 heteroatoms. The molecule has 0 aliphatic rings. The molecule has 0 fully saturated rings. The first kappa shape index (κ1) is 25.1. The van der Waals surface area contributed by atoms with Gasteiger partial charge in [0.25, 0.3) is 0 Å². The maximum atomic E-state index is 4.42. The molecule has 5 aromatic rings. The van der Waals surface area contributed by atoms with Gasteiger partial charge in [0.1, 0.15) is 0 Å². The maximum Gasteiger partial charge on any atom is 0.0462 e. The van der Waals surface area contributed by atoms with Crippen LogP contribution in [0, 0.1) is 0 Å². The number of benzene rings is 5. The predicted octanol–water partition coefficient (Wildman–Crippen LogP) is 10.5. The minimum Gasteiger partial charge on any atom is -0.311 e. The highest BCUT2D eigenvalue weighted by Crippen LogP contribution is 2.37. The molecule has 5 rings (SSSR count). The van der Waals surface area contributed by atoms with Crippen molar-refractivity contribution in [3.63, 3.8) is 0 Å². The van der Waals surface area contributed by atoms with Crippen molar-refractivity contribution in [3.8, 4) is 22.3 Å². The fraction of sp³-hybridized carbons (Fsp3) is 0.